The van der Waals surface area contributed by atoms with E-state index < -0.39 is 18.5 Å². The first kappa shape index (κ1) is 20.2. The minimum Gasteiger partial charge on any atom is -0.452 e. The van der Waals surface area contributed by atoms with Crippen LogP contribution in [-0.4, -0.2) is 23.1 Å². The SMILES string of the molecule is Cc1oc(-n2cccc2)c(C#N)c1C(=O)OCC(=O)N[C@H](C)c1cccc(Cl)c1. The van der Waals surface area contributed by atoms with Crippen molar-refractivity contribution in [3.63, 3.8) is 0 Å². The zero-order chi connectivity index (χ0) is 21.0. The number of amides is 1. The Hall–Kier alpha value is -3.50. The van der Waals surface area contributed by atoms with Crippen LogP contribution in [0.15, 0.2) is 53.2 Å². The third-order valence-corrected chi connectivity index (χ3v) is 4.52. The van der Waals surface area contributed by atoms with Gasteiger partial charge in [0.1, 0.15) is 23.0 Å². The summed E-state index contributed by atoms with van der Waals surface area (Å²) in [4.78, 5) is 24.7. The molecule has 0 aliphatic heterocycles. The molecular formula is C21H18ClN3O4. The van der Waals surface area contributed by atoms with Crippen molar-refractivity contribution in [2.75, 3.05) is 6.61 Å². The van der Waals surface area contributed by atoms with Crippen LogP contribution >= 0.6 is 11.6 Å². The zero-order valence-electron chi connectivity index (χ0n) is 15.8. The molecule has 0 spiro atoms. The fraction of sp³-hybridized carbons (Fsp3) is 0.190. The quantitative estimate of drug-likeness (QED) is 0.619. The summed E-state index contributed by atoms with van der Waals surface area (Å²) in [7, 11) is 0. The standard InChI is InChI=1S/C21H18ClN3O4/c1-13(15-6-5-7-16(22)10-15)24-18(26)12-28-21(27)19-14(2)29-20(17(19)11-23)25-8-3-4-9-25/h3-10,13H,12H2,1-2H3,(H,24,26)/t13-/m1/s1. The molecule has 8 heteroatoms. The van der Waals surface area contributed by atoms with Crippen LogP contribution in [0.3, 0.4) is 0 Å². The van der Waals surface area contributed by atoms with Crippen molar-refractivity contribution < 1.29 is 18.7 Å². The molecule has 1 atom stereocenters. The molecule has 2 heterocycles. The number of carbonyl (C=O) groups is 2. The lowest BCUT2D eigenvalue weighted by Gasteiger charge is -2.14. The van der Waals surface area contributed by atoms with Gasteiger partial charge in [-0.3, -0.25) is 9.36 Å². The van der Waals surface area contributed by atoms with Crippen LogP contribution in [0.2, 0.25) is 5.02 Å². The molecule has 1 N–H and O–H groups in total. The third kappa shape index (κ3) is 4.50. The summed E-state index contributed by atoms with van der Waals surface area (Å²) in [5, 5.41) is 12.8. The second kappa shape index (κ2) is 8.67. The maximum atomic E-state index is 12.5. The molecule has 0 saturated carbocycles. The van der Waals surface area contributed by atoms with Crippen molar-refractivity contribution in [2.24, 2.45) is 0 Å². The van der Waals surface area contributed by atoms with Crippen LogP contribution in [0, 0.1) is 18.3 Å². The first-order valence-corrected chi connectivity index (χ1v) is 9.17. The molecule has 0 saturated heterocycles. The number of esters is 1. The molecule has 3 rings (SSSR count). The molecular weight excluding hydrogens is 394 g/mol. The number of aromatic nitrogens is 1. The lowest BCUT2D eigenvalue weighted by molar-refractivity contribution is -0.124. The first-order valence-electron chi connectivity index (χ1n) is 8.79. The molecule has 29 heavy (non-hydrogen) atoms. The number of furan rings is 1. The summed E-state index contributed by atoms with van der Waals surface area (Å²) in [5.74, 6) is -0.813. The predicted octanol–water partition coefficient (Wildman–Crippen LogP) is 3.94. The Balaban J connectivity index is 1.67. The zero-order valence-corrected chi connectivity index (χ0v) is 16.6. The minimum absolute atomic E-state index is 0.00638. The summed E-state index contributed by atoms with van der Waals surface area (Å²) in [6.45, 7) is 2.87. The molecule has 0 aliphatic carbocycles. The van der Waals surface area contributed by atoms with E-state index in [1.165, 1.54) is 0 Å². The fourth-order valence-corrected chi connectivity index (χ4v) is 3.08. The maximum absolute atomic E-state index is 12.5. The third-order valence-electron chi connectivity index (χ3n) is 4.28. The molecule has 3 aromatic rings. The Morgan fingerprint density at radius 3 is 2.69 bits per heavy atom. The van der Waals surface area contributed by atoms with Crippen molar-refractivity contribution in [1.29, 1.82) is 5.26 Å². The van der Waals surface area contributed by atoms with Crippen molar-refractivity contribution in [3.8, 4) is 12.0 Å². The molecule has 0 aliphatic rings. The van der Waals surface area contributed by atoms with Crippen molar-refractivity contribution >= 4 is 23.5 Å². The molecule has 1 aromatic carbocycles. The largest absolute Gasteiger partial charge is 0.452 e. The van der Waals surface area contributed by atoms with E-state index in [0.717, 1.165) is 5.56 Å². The normalized spacial score (nSPS) is 11.5. The van der Waals surface area contributed by atoms with Crippen LogP contribution in [0.4, 0.5) is 0 Å². The van der Waals surface area contributed by atoms with Crippen LogP contribution in [-0.2, 0) is 9.53 Å². The lowest BCUT2D eigenvalue weighted by Crippen LogP contribution is -2.31. The smallest absolute Gasteiger partial charge is 0.343 e. The Morgan fingerprint density at radius 2 is 2.03 bits per heavy atom. The number of rotatable bonds is 6. The Kier molecular flexibility index (Phi) is 6.05. The number of halogens is 1. The Morgan fingerprint density at radius 1 is 1.31 bits per heavy atom. The summed E-state index contributed by atoms with van der Waals surface area (Å²) < 4.78 is 12.3. The molecule has 0 radical (unpaired) electrons. The maximum Gasteiger partial charge on any atom is 0.343 e. The van der Waals surface area contributed by atoms with Crippen LogP contribution in [0.1, 0.15) is 40.2 Å². The van der Waals surface area contributed by atoms with Crippen LogP contribution in [0.25, 0.3) is 5.88 Å². The second-order valence-corrected chi connectivity index (χ2v) is 6.77. The van der Waals surface area contributed by atoms with E-state index in [4.69, 9.17) is 20.8 Å². The number of benzene rings is 1. The highest BCUT2D eigenvalue weighted by Gasteiger charge is 2.26. The average molecular weight is 412 g/mol. The van der Waals surface area contributed by atoms with Crippen molar-refractivity contribution in [3.05, 3.63) is 76.3 Å². The summed E-state index contributed by atoms with van der Waals surface area (Å²) in [5.41, 5.74) is 0.884. The van der Waals surface area contributed by atoms with Gasteiger partial charge in [-0.25, -0.2) is 4.79 Å². The highest BCUT2D eigenvalue weighted by Crippen LogP contribution is 2.26. The predicted molar refractivity (Wildman–Crippen MR) is 106 cm³/mol. The van der Waals surface area contributed by atoms with Gasteiger partial charge in [-0.15, -0.1) is 0 Å². The van der Waals surface area contributed by atoms with Gasteiger partial charge in [-0.1, -0.05) is 23.7 Å². The Bertz CT molecular complexity index is 1080. The molecule has 1 amide bonds. The van der Waals surface area contributed by atoms with Gasteiger partial charge in [-0.05, 0) is 43.7 Å². The summed E-state index contributed by atoms with van der Waals surface area (Å²) >= 11 is 5.96. The van der Waals surface area contributed by atoms with Gasteiger partial charge in [0, 0.05) is 17.4 Å². The number of nitriles is 1. The topological polar surface area (TPSA) is 97.3 Å². The number of hydrogen-bond acceptors (Lipinski definition) is 5. The minimum atomic E-state index is -0.799. The molecule has 0 fully saturated rings. The molecule has 0 bridgehead atoms. The van der Waals surface area contributed by atoms with Gasteiger partial charge < -0.3 is 14.5 Å². The van der Waals surface area contributed by atoms with E-state index in [1.54, 1.807) is 61.1 Å². The van der Waals surface area contributed by atoms with Crippen molar-refractivity contribution in [1.82, 2.24) is 9.88 Å². The Labute approximate surface area is 172 Å². The number of nitrogens with one attached hydrogen (secondary N) is 1. The number of aryl methyl sites for hydroxylation is 1. The van der Waals surface area contributed by atoms with Gasteiger partial charge in [-0.2, -0.15) is 5.26 Å². The van der Waals surface area contributed by atoms with E-state index in [1.807, 2.05) is 12.1 Å². The summed E-state index contributed by atoms with van der Waals surface area (Å²) in [6.07, 6.45) is 3.39. The number of ether oxygens (including phenoxy) is 1. The van der Waals surface area contributed by atoms with E-state index in [9.17, 15) is 14.9 Å². The monoisotopic (exact) mass is 411 g/mol. The number of nitrogens with zero attached hydrogens (tertiary/aromatic N) is 2. The first-order chi connectivity index (χ1) is 13.9. The fourth-order valence-electron chi connectivity index (χ4n) is 2.88. The van der Waals surface area contributed by atoms with E-state index in [2.05, 4.69) is 5.32 Å². The molecule has 0 unspecified atom stereocenters. The van der Waals surface area contributed by atoms with Crippen LogP contribution in [0.5, 0.6) is 0 Å². The molecule has 148 valence electrons. The van der Waals surface area contributed by atoms with Gasteiger partial charge in [0.05, 0.1) is 6.04 Å². The lowest BCUT2D eigenvalue weighted by atomic mass is 10.1. The number of carbonyl (C=O) groups excluding carboxylic acids is 2. The molecule has 2 aromatic heterocycles. The van der Waals surface area contributed by atoms with E-state index in [-0.39, 0.29) is 28.8 Å². The average Bonchev–Trinajstić information content (AvgIpc) is 3.33. The number of hydrogen-bond donors (Lipinski definition) is 1. The molecule has 7 nitrogen and oxygen atoms in total. The second-order valence-electron chi connectivity index (χ2n) is 6.34. The van der Waals surface area contributed by atoms with E-state index >= 15 is 0 Å². The van der Waals surface area contributed by atoms with Gasteiger partial charge in [0.25, 0.3) is 5.91 Å². The van der Waals surface area contributed by atoms with Crippen molar-refractivity contribution in [2.45, 2.75) is 19.9 Å². The summed E-state index contributed by atoms with van der Waals surface area (Å²) in [6, 6.07) is 12.3. The highest BCUT2D eigenvalue weighted by molar-refractivity contribution is 6.30. The van der Waals surface area contributed by atoms with Gasteiger partial charge in [0.15, 0.2) is 6.61 Å². The van der Waals surface area contributed by atoms with Gasteiger partial charge in [0.2, 0.25) is 5.88 Å². The van der Waals surface area contributed by atoms with Crippen LogP contribution < -0.4 is 5.32 Å². The highest BCUT2D eigenvalue weighted by atomic mass is 35.5. The van der Waals surface area contributed by atoms with E-state index in [0.29, 0.717) is 5.02 Å². The van der Waals surface area contributed by atoms with Gasteiger partial charge >= 0.3 is 5.97 Å².